The SMILES string of the molecule is Cc1ccc(-c2csc(NC(=O)C(C)(C)N)n2)c(C)c1.Cl. The average Bonchev–Trinajstić information content (AvgIpc) is 2.76. The summed E-state index contributed by atoms with van der Waals surface area (Å²) in [6, 6.07) is 6.23. The van der Waals surface area contributed by atoms with Crippen molar-refractivity contribution in [2.45, 2.75) is 33.2 Å². The summed E-state index contributed by atoms with van der Waals surface area (Å²) in [4.78, 5) is 16.3. The number of aromatic nitrogens is 1. The number of amides is 1. The molecule has 1 heterocycles. The maximum atomic E-state index is 11.8. The Bertz CT molecular complexity index is 647. The van der Waals surface area contributed by atoms with Crippen LogP contribution in [0.15, 0.2) is 23.6 Å². The van der Waals surface area contributed by atoms with Gasteiger partial charge in [0.2, 0.25) is 5.91 Å². The first kappa shape index (κ1) is 17.6. The Hall–Kier alpha value is -1.43. The molecule has 0 aliphatic carbocycles. The second kappa shape index (κ2) is 6.56. The number of benzene rings is 1. The number of anilines is 1. The maximum absolute atomic E-state index is 11.8. The van der Waals surface area contributed by atoms with Gasteiger partial charge in [0.25, 0.3) is 0 Å². The first-order valence-electron chi connectivity index (χ1n) is 6.41. The molecule has 0 bridgehead atoms. The highest BCUT2D eigenvalue weighted by Crippen LogP contribution is 2.28. The van der Waals surface area contributed by atoms with Gasteiger partial charge in [0.1, 0.15) is 0 Å². The molecule has 0 radical (unpaired) electrons. The number of carbonyl (C=O) groups excluding carboxylic acids is 1. The molecule has 0 spiro atoms. The van der Waals surface area contributed by atoms with Gasteiger partial charge in [-0.2, -0.15) is 0 Å². The fourth-order valence-corrected chi connectivity index (χ4v) is 2.52. The molecular formula is C15H20ClN3OS. The summed E-state index contributed by atoms with van der Waals surface area (Å²) in [7, 11) is 0. The molecule has 1 aromatic carbocycles. The van der Waals surface area contributed by atoms with Crippen molar-refractivity contribution in [3.05, 3.63) is 34.7 Å². The molecule has 21 heavy (non-hydrogen) atoms. The largest absolute Gasteiger partial charge is 0.318 e. The van der Waals surface area contributed by atoms with Crippen LogP contribution in [0, 0.1) is 13.8 Å². The topological polar surface area (TPSA) is 68.0 Å². The van der Waals surface area contributed by atoms with Crippen molar-refractivity contribution >= 4 is 34.8 Å². The lowest BCUT2D eigenvalue weighted by Gasteiger charge is -2.16. The van der Waals surface area contributed by atoms with E-state index in [2.05, 4.69) is 42.3 Å². The monoisotopic (exact) mass is 325 g/mol. The van der Waals surface area contributed by atoms with Crippen LogP contribution in [0.1, 0.15) is 25.0 Å². The Morgan fingerprint density at radius 1 is 1.33 bits per heavy atom. The molecule has 0 saturated heterocycles. The minimum atomic E-state index is -0.911. The van der Waals surface area contributed by atoms with E-state index in [-0.39, 0.29) is 18.3 Å². The number of hydrogen-bond acceptors (Lipinski definition) is 4. The van der Waals surface area contributed by atoms with E-state index in [4.69, 9.17) is 5.73 Å². The van der Waals surface area contributed by atoms with Crippen molar-refractivity contribution in [3.63, 3.8) is 0 Å². The fraction of sp³-hybridized carbons (Fsp3) is 0.333. The van der Waals surface area contributed by atoms with E-state index in [9.17, 15) is 4.79 Å². The number of hydrogen-bond donors (Lipinski definition) is 2. The van der Waals surface area contributed by atoms with Gasteiger partial charge in [0, 0.05) is 10.9 Å². The van der Waals surface area contributed by atoms with Crippen molar-refractivity contribution in [3.8, 4) is 11.3 Å². The van der Waals surface area contributed by atoms with Gasteiger partial charge in [0.05, 0.1) is 11.2 Å². The lowest BCUT2D eigenvalue weighted by Crippen LogP contribution is -2.45. The number of thiazole rings is 1. The second-order valence-corrected chi connectivity index (χ2v) is 6.39. The van der Waals surface area contributed by atoms with Gasteiger partial charge in [-0.1, -0.05) is 23.8 Å². The lowest BCUT2D eigenvalue weighted by atomic mass is 10.0. The van der Waals surface area contributed by atoms with Crippen LogP contribution in [0.4, 0.5) is 5.13 Å². The van der Waals surface area contributed by atoms with Gasteiger partial charge in [-0.25, -0.2) is 4.98 Å². The Morgan fingerprint density at radius 2 is 2.00 bits per heavy atom. The van der Waals surface area contributed by atoms with Crippen LogP contribution in [0.2, 0.25) is 0 Å². The van der Waals surface area contributed by atoms with E-state index in [0.29, 0.717) is 5.13 Å². The van der Waals surface area contributed by atoms with Crippen LogP contribution >= 0.6 is 23.7 Å². The van der Waals surface area contributed by atoms with Crippen LogP contribution in [0.5, 0.6) is 0 Å². The third kappa shape index (κ3) is 4.27. The van der Waals surface area contributed by atoms with Crippen molar-refractivity contribution in [2.75, 3.05) is 5.32 Å². The highest BCUT2D eigenvalue weighted by Gasteiger charge is 2.22. The zero-order valence-electron chi connectivity index (χ0n) is 12.6. The van der Waals surface area contributed by atoms with Crippen molar-refractivity contribution in [1.29, 1.82) is 0 Å². The molecule has 0 atom stereocenters. The summed E-state index contributed by atoms with van der Waals surface area (Å²) in [6.07, 6.45) is 0. The van der Waals surface area contributed by atoms with E-state index in [1.54, 1.807) is 13.8 Å². The number of nitrogens with one attached hydrogen (secondary N) is 1. The van der Waals surface area contributed by atoms with Crippen molar-refractivity contribution in [2.24, 2.45) is 5.73 Å². The molecule has 1 aromatic heterocycles. The van der Waals surface area contributed by atoms with Crippen LogP contribution < -0.4 is 11.1 Å². The first-order valence-corrected chi connectivity index (χ1v) is 7.29. The molecule has 114 valence electrons. The number of rotatable bonds is 3. The summed E-state index contributed by atoms with van der Waals surface area (Å²) in [5, 5.41) is 5.26. The Kier molecular flexibility index (Phi) is 5.50. The summed E-state index contributed by atoms with van der Waals surface area (Å²) in [5.74, 6) is -0.237. The van der Waals surface area contributed by atoms with Crippen molar-refractivity contribution in [1.82, 2.24) is 4.98 Å². The molecule has 3 N–H and O–H groups in total. The summed E-state index contributed by atoms with van der Waals surface area (Å²) < 4.78 is 0. The average molecular weight is 326 g/mol. The molecule has 0 aliphatic rings. The number of carbonyl (C=O) groups is 1. The smallest absolute Gasteiger partial charge is 0.245 e. The van der Waals surface area contributed by atoms with E-state index >= 15 is 0 Å². The predicted molar refractivity (Wildman–Crippen MR) is 91.2 cm³/mol. The minimum absolute atomic E-state index is 0. The van der Waals surface area contributed by atoms with Gasteiger partial charge >= 0.3 is 0 Å². The Labute approximate surface area is 135 Å². The van der Waals surface area contributed by atoms with Crippen molar-refractivity contribution < 1.29 is 4.79 Å². The molecule has 0 fully saturated rings. The first-order chi connectivity index (χ1) is 9.27. The molecule has 0 unspecified atom stereocenters. The molecule has 2 aromatic rings. The summed E-state index contributed by atoms with van der Waals surface area (Å²) in [5.41, 5.74) is 9.19. The zero-order valence-corrected chi connectivity index (χ0v) is 14.2. The molecule has 4 nitrogen and oxygen atoms in total. The number of halogens is 1. The van der Waals surface area contributed by atoms with Gasteiger partial charge in [-0.3, -0.25) is 4.79 Å². The van der Waals surface area contributed by atoms with E-state index in [1.165, 1.54) is 22.5 Å². The van der Waals surface area contributed by atoms with Crippen LogP contribution in [0.25, 0.3) is 11.3 Å². The maximum Gasteiger partial charge on any atom is 0.245 e. The predicted octanol–water partition coefficient (Wildman–Crippen LogP) is 3.52. The van der Waals surface area contributed by atoms with Crippen LogP contribution in [-0.2, 0) is 4.79 Å². The third-order valence-corrected chi connectivity index (χ3v) is 3.73. The Balaban J connectivity index is 0.00000220. The quantitative estimate of drug-likeness (QED) is 0.907. The summed E-state index contributed by atoms with van der Waals surface area (Å²) >= 11 is 1.40. The number of aryl methyl sites for hydroxylation is 2. The molecule has 1 amide bonds. The zero-order chi connectivity index (χ0) is 14.9. The van der Waals surface area contributed by atoms with Gasteiger partial charge in [-0.15, -0.1) is 23.7 Å². The number of nitrogens with two attached hydrogens (primary N) is 1. The Morgan fingerprint density at radius 3 is 2.57 bits per heavy atom. The van der Waals surface area contributed by atoms with Gasteiger partial charge < -0.3 is 11.1 Å². The number of nitrogens with zero attached hydrogens (tertiary/aromatic N) is 1. The molecular weight excluding hydrogens is 306 g/mol. The molecule has 6 heteroatoms. The standard InChI is InChI=1S/C15H19N3OS.ClH/c1-9-5-6-11(10(2)7-9)12-8-20-14(17-12)18-13(19)15(3,4)16;/h5-8H,16H2,1-4H3,(H,17,18,19);1H. The fourth-order valence-electron chi connectivity index (χ4n) is 1.81. The normalized spacial score (nSPS) is 10.9. The van der Waals surface area contributed by atoms with E-state index in [0.717, 1.165) is 11.3 Å². The highest BCUT2D eigenvalue weighted by atomic mass is 35.5. The second-order valence-electron chi connectivity index (χ2n) is 5.53. The van der Waals surface area contributed by atoms with Crippen LogP contribution in [0.3, 0.4) is 0 Å². The molecule has 0 saturated carbocycles. The highest BCUT2D eigenvalue weighted by molar-refractivity contribution is 7.14. The lowest BCUT2D eigenvalue weighted by molar-refractivity contribution is -0.120. The molecule has 0 aliphatic heterocycles. The van der Waals surface area contributed by atoms with E-state index < -0.39 is 5.54 Å². The minimum Gasteiger partial charge on any atom is -0.318 e. The third-order valence-electron chi connectivity index (χ3n) is 2.97. The molecule has 2 rings (SSSR count). The van der Waals surface area contributed by atoms with Crippen LogP contribution in [-0.4, -0.2) is 16.4 Å². The summed E-state index contributed by atoms with van der Waals surface area (Å²) in [6.45, 7) is 7.46. The van der Waals surface area contributed by atoms with E-state index in [1.807, 2.05) is 5.38 Å². The van der Waals surface area contributed by atoms with Gasteiger partial charge in [0.15, 0.2) is 5.13 Å². The van der Waals surface area contributed by atoms with Gasteiger partial charge in [-0.05, 0) is 33.3 Å².